The van der Waals surface area contributed by atoms with Crippen LogP contribution in [0.5, 0.6) is 0 Å². The van der Waals surface area contributed by atoms with Crippen LogP contribution in [0.3, 0.4) is 0 Å². The number of anilines is 1. The second kappa shape index (κ2) is 4.72. The zero-order chi connectivity index (χ0) is 13.3. The topological polar surface area (TPSA) is 53.0 Å². The largest absolute Gasteiger partial charge is 0.393 e. The molecule has 2 N–H and O–H groups in total. The summed E-state index contributed by atoms with van der Waals surface area (Å²) in [6, 6.07) is 9.91. The summed E-state index contributed by atoms with van der Waals surface area (Å²) in [6.07, 6.45) is 0.732. The van der Waals surface area contributed by atoms with E-state index in [1.807, 2.05) is 55.8 Å². The maximum Gasteiger partial charge on any atom is 0.290 e. The van der Waals surface area contributed by atoms with Crippen molar-refractivity contribution < 1.29 is 0 Å². The van der Waals surface area contributed by atoms with Crippen LogP contribution < -0.4 is 11.3 Å². The SMILES string of the molecule is CCc1c(N)c(=O)n(C(C)C)n1-c1ccccc1. The zero-order valence-electron chi connectivity index (χ0n) is 11.1. The number of aromatic nitrogens is 2. The fourth-order valence-electron chi connectivity index (χ4n) is 2.24. The van der Waals surface area contributed by atoms with E-state index < -0.39 is 0 Å². The van der Waals surface area contributed by atoms with Crippen LogP contribution in [0.15, 0.2) is 35.1 Å². The van der Waals surface area contributed by atoms with Crippen molar-refractivity contribution >= 4 is 5.69 Å². The molecule has 0 atom stereocenters. The van der Waals surface area contributed by atoms with Crippen LogP contribution >= 0.6 is 0 Å². The molecule has 0 radical (unpaired) electrons. The van der Waals surface area contributed by atoms with E-state index in [4.69, 9.17) is 5.73 Å². The van der Waals surface area contributed by atoms with Crippen molar-refractivity contribution in [3.8, 4) is 5.69 Å². The number of hydrogen-bond donors (Lipinski definition) is 1. The molecule has 18 heavy (non-hydrogen) atoms. The van der Waals surface area contributed by atoms with Crippen LogP contribution in [0, 0.1) is 0 Å². The van der Waals surface area contributed by atoms with E-state index in [9.17, 15) is 4.79 Å². The van der Waals surface area contributed by atoms with Crippen LogP contribution in [-0.2, 0) is 6.42 Å². The van der Waals surface area contributed by atoms with Crippen LogP contribution in [0.4, 0.5) is 5.69 Å². The molecule has 0 aliphatic rings. The first-order valence-corrected chi connectivity index (χ1v) is 6.25. The molecule has 1 aromatic carbocycles. The van der Waals surface area contributed by atoms with Gasteiger partial charge in [0.15, 0.2) is 0 Å². The van der Waals surface area contributed by atoms with E-state index in [2.05, 4.69) is 0 Å². The fourth-order valence-corrected chi connectivity index (χ4v) is 2.24. The number of benzene rings is 1. The van der Waals surface area contributed by atoms with Gasteiger partial charge >= 0.3 is 0 Å². The van der Waals surface area contributed by atoms with E-state index in [0.717, 1.165) is 17.8 Å². The van der Waals surface area contributed by atoms with E-state index in [1.165, 1.54) is 0 Å². The van der Waals surface area contributed by atoms with Gasteiger partial charge in [-0.1, -0.05) is 25.1 Å². The van der Waals surface area contributed by atoms with Crippen LogP contribution in [0.2, 0.25) is 0 Å². The molecule has 4 nitrogen and oxygen atoms in total. The molecule has 0 saturated carbocycles. The van der Waals surface area contributed by atoms with Gasteiger partial charge in [-0.2, -0.15) is 0 Å². The normalized spacial score (nSPS) is 11.1. The number of hydrogen-bond acceptors (Lipinski definition) is 2. The van der Waals surface area contributed by atoms with Crippen molar-refractivity contribution in [1.29, 1.82) is 0 Å². The number of nitrogens with two attached hydrogens (primary N) is 1. The van der Waals surface area contributed by atoms with Gasteiger partial charge in [-0.25, -0.2) is 4.68 Å². The first kappa shape index (κ1) is 12.5. The van der Waals surface area contributed by atoms with Gasteiger partial charge in [-0.3, -0.25) is 9.48 Å². The van der Waals surface area contributed by atoms with Crippen molar-refractivity contribution in [2.75, 3.05) is 5.73 Å². The highest BCUT2D eigenvalue weighted by atomic mass is 16.1. The molecule has 0 unspecified atom stereocenters. The molecule has 0 aliphatic carbocycles. The van der Waals surface area contributed by atoms with E-state index in [0.29, 0.717) is 5.69 Å². The number of nitrogen functional groups attached to an aromatic ring is 1. The number of rotatable bonds is 3. The van der Waals surface area contributed by atoms with Crippen LogP contribution in [-0.4, -0.2) is 9.36 Å². The van der Waals surface area contributed by atoms with Gasteiger partial charge in [0.1, 0.15) is 5.69 Å². The molecule has 4 heteroatoms. The number of para-hydroxylation sites is 1. The van der Waals surface area contributed by atoms with Gasteiger partial charge in [0.05, 0.1) is 11.4 Å². The molecule has 0 saturated heterocycles. The highest BCUT2D eigenvalue weighted by molar-refractivity contribution is 5.47. The molecule has 0 fully saturated rings. The number of nitrogens with zero attached hydrogens (tertiary/aromatic N) is 2. The lowest BCUT2D eigenvalue weighted by atomic mass is 10.2. The highest BCUT2D eigenvalue weighted by Crippen LogP contribution is 2.18. The quantitative estimate of drug-likeness (QED) is 0.902. The van der Waals surface area contributed by atoms with Gasteiger partial charge in [0.2, 0.25) is 0 Å². The summed E-state index contributed by atoms with van der Waals surface area (Å²) in [5, 5.41) is 0. The van der Waals surface area contributed by atoms with E-state index >= 15 is 0 Å². The molecule has 96 valence electrons. The Kier molecular flexibility index (Phi) is 3.28. The predicted octanol–water partition coefficient (Wildman–Crippen LogP) is 2.36. The molecular formula is C14H19N3O. The molecule has 1 heterocycles. The minimum absolute atomic E-state index is 0.0697. The molecule has 2 rings (SSSR count). The average molecular weight is 245 g/mol. The monoisotopic (exact) mass is 245 g/mol. The van der Waals surface area contributed by atoms with Gasteiger partial charge in [-0.15, -0.1) is 0 Å². The Balaban J connectivity index is 2.80. The standard InChI is InChI=1S/C14H19N3O/c1-4-12-13(15)14(18)16(10(2)3)17(12)11-8-6-5-7-9-11/h5-10H,4,15H2,1-3H3. The van der Waals surface area contributed by atoms with E-state index in [-0.39, 0.29) is 11.6 Å². The summed E-state index contributed by atoms with van der Waals surface area (Å²) in [5.74, 6) is 0. The lowest BCUT2D eigenvalue weighted by Gasteiger charge is -2.17. The lowest BCUT2D eigenvalue weighted by Crippen LogP contribution is -2.25. The van der Waals surface area contributed by atoms with Crippen molar-refractivity contribution in [2.24, 2.45) is 0 Å². The summed E-state index contributed by atoms with van der Waals surface area (Å²) in [6.45, 7) is 5.98. The van der Waals surface area contributed by atoms with Crippen molar-refractivity contribution in [3.05, 3.63) is 46.4 Å². The Morgan fingerprint density at radius 3 is 2.33 bits per heavy atom. The Hall–Kier alpha value is -1.97. The summed E-state index contributed by atoms with van der Waals surface area (Å²) in [4.78, 5) is 12.2. The highest BCUT2D eigenvalue weighted by Gasteiger charge is 2.18. The molecule has 0 bridgehead atoms. The summed E-state index contributed by atoms with van der Waals surface area (Å²) in [7, 11) is 0. The summed E-state index contributed by atoms with van der Waals surface area (Å²) < 4.78 is 3.64. The minimum Gasteiger partial charge on any atom is -0.393 e. The Morgan fingerprint density at radius 1 is 1.22 bits per heavy atom. The third kappa shape index (κ3) is 1.83. The first-order valence-electron chi connectivity index (χ1n) is 6.25. The second-order valence-electron chi connectivity index (χ2n) is 4.60. The Labute approximate surface area is 107 Å². The van der Waals surface area contributed by atoms with Gasteiger partial charge in [-0.05, 0) is 32.4 Å². The van der Waals surface area contributed by atoms with Crippen LogP contribution in [0.25, 0.3) is 5.69 Å². The molecule has 0 amide bonds. The van der Waals surface area contributed by atoms with Crippen LogP contribution in [0.1, 0.15) is 32.5 Å². The zero-order valence-corrected chi connectivity index (χ0v) is 11.1. The Morgan fingerprint density at radius 2 is 1.83 bits per heavy atom. The third-order valence-electron chi connectivity index (χ3n) is 3.05. The van der Waals surface area contributed by atoms with Gasteiger partial charge in [0.25, 0.3) is 5.56 Å². The molecular weight excluding hydrogens is 226 g/mol. The fraction of sp³-hybridized carbons (Fsp3) is 0.357. The average Bonchev–Trinajstić information content (AvgIpc) is 2.63. The minimum atomic E-state index is -0.106. The summed E-state index contributed by atoms with van der Waals surface area (Å²) in [5.41, 5.74) is 8.03. The lowest BCUT2D eigenvalue weighted by molar-refractivity contribution is 0.463. The predicted molar refractivity (Wildman–Crippen MR) is 74.2 cm³/mol. The maximum absolute atomic E-state index is 12.2. The van der Waals surface area contributed by atoms with Crippen molar-refractivity contribution in [2.45, 2.75) is 33.2 Å². The molecule has 0 aliphatic heterocycles. The van der Waals surface area contributed by atoms with E-state index in [1.54, 1.807) is 4.68 Å². The molecule has 2 aromatic rings. The Bertz CT molecular complexity index is 593. The smallest absolute Gasteiger partial charge is 0.290 e. The van der Waals surface area contributed by atoms with Gasteiger partial charge < -0.3 is 5.73 Å². The second-order valence-corrected chi connectivity index (χ2v) is 4.60. The maximum atomic E-state index is 12.2. The first-order chi connectivity index (χ1) is 8.57. The van der Waals surface area contributed by atoms with Crippen molar-refractivity contribution in [3.63, 3.8) is 0 Å². The van der Waals surface area contributed by atoms with Crippen molar-refractivity contribution in [1.82, 2.24) is 9.36 Å². The third-order valence-corrected chi connectivity index (χ3v) is 3.05. The molecule has 0 spiro atoms. The molecule has 1 aromatic heterocycles. The van der Waals surface area contributed by atoms with Gasteiger partial charge in [0, 0.05) is 6.04 Å². The summed E-state index contributed by atoms with van der Waals surface area (Å²) >= 11 is 0.